The Bertz CT molecular complexity index is 237. The molecule has 54 valence electrons. The van der Waals surface area contributed by atoms with E-state index in [2.05, 4.69) is 0 Å². The Morgan fingerprint density at radius 2 is 2.20 bits per heavy atom. The fraction of sp³-hybridized carbons (Fsp3) is 0.143. The van der Waals surface area contributed by atoms with E-state index in [0.29, 0.717) is 5.56 Å². The van der Waals surface area contributed by atoms with Gasteiger partial charge in [0.15, 0.2) is 11.6 Å². The zero-order chi connectivity index (χ0) is 7.56. The molecule has 0 atom stereocenters. The van der Waals surface area contributed by atoms with E-state index in [1.807, 2.05) is 0 Å². The summed E-state index contributed by atoms with van der Waals surface area (Å²) >= 11 is 0. The van der Waals surface area contributed by atoms with Crippen molar-refractivity contribution in [2.45, 2.75) is 6.54 Å². The predicted molar refractivity (Wildman–Crippen MR) is 36.0 cm³/mol. The lowest BCUT2D eigenvalue weighted by atomic mass is 10.2. The van der Waals surface area contributed by atoms with Crippen LogP contribution in [-0.2, 0) is 6.54 Å². The summed E-state index contributed by atoms with van der Waals surface area (Å²) < 4.78 is 12.5. The van der Waals surface area contributed by atoms with Crippen LogP contribution < -0.4 is 5.73 Å². The average Bonchev–Trinajstić information content (AvgIpc) is 1.95. The lowest BCUT2D eigenvalue weighted by Crippen LogP contribution is -1.95. The first-order valence-electron chi connectivity index (χ1n) is 2.91. The van der Waals surface area contributed by atoms with Gasteiger partial charge in [-0.25, -0.2) is 4.39 Å². The van der Waals surface area contributed by atoms with Crippen molar-refractivity contribution in [2.75, 3.05) is 0 Å². The zero-order valence-electron chi connectivity index (χ0n) is 5.34. The minimum absolute atomic E-state index is 0.289. The third-order valence-electron chi connectivity index (χ3n) is 1.25. The number of phenolic OH excluding ortho intramolecular Hbond substituents is 1. The molecule has 1 aromatic rings. The molecule has 0 saturated carbocycles. The van der Waals surface area contributed by atoms with E-state index >= 15 is 0 Å². The highest BCUT2D eigenvalue weighted by Crippen LogP contribution is 2.15. The van der Waals surface area contributed by atoms with E-state index in [1.165, 1.54) is 12.1 Å². The number of hydrogen-bond donors (Lipinski definition) is 2. The van der Waals surface area contributed by atoms with Gasteiger partial charge in [0, 0.05) is 6.54 Å². The number of aromatic hydroxyl groups is 1. The van der Waals surface area contributed by atoms with Crippen LogP contribution in [0.15, 0.2) is 18.2 Å². The number of phenols is 1. The molecule has 0 unspecified atom stereocenters. The topological polar surface area (TPSA) is 46.2 Å². The molecule has 0 aliphatic carbocycles. The van der Waals surface area contributed by atoms with Gasteiger partial charge in [0.05, 0.1) is 0 Å². The lowest BCUT2D eigenvalue weighted by molar-refractivity contribution is 0.432. The Morgan fingerprint density at radius 1 is 1.50 bits per heavy atom. The zero-order valence-corrected chi connectivity index (χ0v) is 5.34. The minimum atomic E-state index is -0.622. The van der Waals surface area contributed by atoms with Crippen LogP contribution in [0.3, 0.4) is 0 Å². The second-order valence-corrected chi connectivity index (χ2v) is 1.99. The van der Waals surface area contributed by atoms with Crippen LogP contribution in [0.4, 0.5) is 4.39 Å². The molecule has 0 aliphatic rings. The first kappa shape index (κ1) is 7.02. The van der Waals surface area contributed by atoms with E-state index in [0.717, 1.165) is 0 Å². The maximum atomic E-state index is 12.5. The van der Waals surface area contributed by atoms with Gasteiger partial charge in [0.2, 0.25) is 0 Å². The SMILES string of the molecule is NCc1ccc(O)c(F)c1. The standard InChI is InChI=1S/C7H8FNO/c8-6-3-5(4-9)1-2-7(6)10/h1-3,10H,4,9H2. The minimum Gasteiger partial charge on any atom is -0.505 e. The van der Waals surface area contributed by atoms with Gasteiger partial charge in [-0.05, 0) is 17.7 Å². The van der Waals surface area contributed by atoms with Crippen molar-refractivity contribution in [3.05, 3.63) is 29.6 Å². The monoisotopic (exact) mass is 141 g/mol. The number of rotatable bonds is 1. The van der Waals surface area contributed by atoms with Crippen molar-refractivity contribution < 1.29 is 9.50 Å². The first-order chi connectivity index (χ1) is 4.74. The van der Waals surface area contributed by atoms with Crippen LogP contribution in [0.1, 0.15) is 5.56 Å². The van der Waals surface area contributed by atoms with E-state index in [-0.39, 0.29) is 12.3 Å². The molecule has 3 N–H and O–H groups in total. The molecule has 1 rings (SSSR count). The smallest absolute Gasteiger partial charge is 0.165 e. The third-order valence-corrected chi connectivity index (χ3v) is 1.25. The molecule has 10 heavy (non-hydrogen) atoms. The molecule has 0 aliphatic heterocycles. The number of hydrogen-bond acceptors (Lipinski definition) is 2. The normalized spacial score (nSPS) is 9.80. The molecule has 0 radical (unpaired) electrons. The fourth-order valence-corrected chi connectivity index (χ4v) is 0.677. The van der Waals surface area contributed by atoms with Crippen LogP contribution in [0.25, 0.3) is 0 Å². The summed E-state index contributed by atoms with van der Waals surface area (Å²) in [7, 11) is 0. The molecule has 3 heteroatoms. The van der Waals surface area contributed by atoms with Gasteiger partial charge in [0.1, 0.15) is 0 Å². The summed E-state index contributed by atoms with van der Waals surface area (Å²) in [5, 5.41) is 8.72. The summed E-state index contributed by atoms with van der Waals surface area (Å²) in [5.74, 6) is -0.958. The highest BCUT2D eigenvalue weighted by atomic mass is 19.1. The fourth-order valence-electron chi connectivity index (χ4n) is 0.677. The molecular formula is C7H8FNO. The van der Waals surface area contributed by atoms with Crippen LogP contribution in [0, 0.1) is 5.82 Å². The number of halogens is 1. The molecule has 0 saturated heterocycles. The molecule has 0 fully saturated rings. The summed E-state index contributed by atoms with van der Waals surface area (Å²) in [4.78, 5) is 0. The van der Waals surface area contributed by atoms with Gasteiger partial charge in [-0.3, -0.25) is 0 Å². The van der Waals surface area contributed by atoms with Crippen LogP contribution in [0.5, 0.6) is 5.75 Å². The van der Waals surface area contributed by atoms with Crippen molar-refractivity contribution in [1.29, 1.82) is 0 Å². The molecular weight excluding hydrogens is 133 g/mol. The lowest BCUT2D eigenvalue weighted by Gasteiger charge is -1.97. The first-order valence-corrected chi connectivity index (χ1v) is 2.91. The molecule has 1 aromatic carbocycles. The maximum absolute atomic E-state index is 12.5. The molecule has 0 amide bonds. The molecule has 0 heterocycles. The number of nitrogens with two attached hydrogens (primary N) is 1. The maximum Gasteiger partial charge on any atom is 0.165 e. The molecule has 0 spiro atoms. The van der Waals surface area contributed by atoms with E-state index in [9.17, 15) is 4.39 Å². The largest absolute Gasteiger partial charge is 0.505 e. The Hall–Kier alpha value is -1.09. The van der Waals surface area contributed by atoms with Gasteiger partial charge in [0.25, 0.3) is 0 Å². The second kappa shape index (κ2) is 2.66. The van der Waals surface area contributed by atoms with Crippen molar-refractivity contribution in [3.63, 3.8) is 0 Å². The predicted octanol–water partition coefficient (Wildman–Crippen LogP) is 0.990. The van der Waals surface area contributed by atoms with Gasteiger partial charge >= 0.3 is 0 Å². The van der Waals surface area contributed by atoms with Gasteiger partial charge in [-0.15, -0.1) is 0 Å². The average molecular weight is 141 g/mol. The summed E-state index contributed by atoms with van der Waals surface area (Å²) in [6, 6.07) is 4.09. The Balaban J connectivity index is 3.04. The highest BCUT2D eigenvalue weighted by Gasteiger charge is 1.98. The van der Waals surface area contributed by atoms with Crippen molar-refractivity contribution in [2.24, 2.45) is 5.73 Å². The quantitative estimate of drug-likeness (QED) is 0.612. The third kappa shape index (κ3) is 1.25. The Kier molecular flexibility index (Phi) is 1.87. The van der Waals surface area contributed by atoms with Crippen LogP contribution in [0.2, 0.25) is 0 Å². The summed E-state index contributed by atoms with van der Waals surface area (Å²) in [6.45, 7) is 0.289. The second-order valence-electron chi connectivity index (χ2n) is 1.99. The molecule has 0 aromatic heterocycles. The Labute approximate surface area is 58.1 Å². The van der Waals surface area contributed by atoms with Crippen molar-refractivity contribution in [3.8, 4) is 5.75 Å². The van der Waals surface area contributed by atoms with Crippen LogP contribution in [-0.4, -0.2) is 5.11 Å². The molecule has 0 bridgehead atoms. The summed E-state index contributed by atoms with van der Waals surface area (Å²) in [6.07, 6.45) is 0. The van der Waals surface area contributed by atoms with E-state index in [4.69, 9.17) is 10.8 Å². The van der Waals surface area contributed by atoms with Gasteiger partial charge in [-0.2, -0.15) is 0 Å². The van der Waals surface area contributed by atoms with Crippen LogP contribution >= 0.6 is 0 Å². The van der Waals surface area contributed by atoms with E-state index < -0.39 is 5.82 Å². The Morgan fingerprint density at radius 3 is 2.70 bits per heavy atom. The number of benzene rings is 1. The van der Waals surface area contributed by atoms with Gasteiger partial charge < -0.3 is 10.8 Å². The summed E-state index contributed by atoms with van der Waals surface area (Å²) in [5.41, 5.74) is 5.90. The van der Waals surface area contributed by atoms with Crippen molar-refractivity contribution in [1.82, 2.24) is 0 Å². The highest BCUT2D eigenvalue weighted by molar-refractivity contribution is 5.27. The van der Waals surface area contributed by atoms with E-state index in [1.54, 1.807) is 6.07 Å². The molecule has 2 nitrogen and oxygen atoms in total. The van der Waals surface area contributed by atoms with Gasteiger partial charge in [-0.1, -0.05) is 6.07 Å². The van der Waals surface area contributed by atoms with Crippen molar-refractivity contribution >= 4 is 0 Å².